The fourth-order valence-electron chi connectivity index (χ4n) is 2.93. The maximum atomic E-state index is 11.9. The van der Waals surface area contributed by atoms with Crippen LogP contribution in [0.1, 0.15) is 31.1 Å². The highest BCUT2D eigenvalue weighted by Crippen LogP contribution is 2.19. The Labute approximate surface area is 153 Å². The Kier molecular flexibility index (Phi) is 5.59. The summed E-state index contributed by atoms with van der Waals surface area (Å²) in [4.78, 5) is 2.26. The van der Waals surface area contributed by atoms with Crippen molar-refractivity contribution in [3.63, 3.8) is 0 Å². The number of aromatic hydroxyl groups is 1. The maximum Gasteiger partial charge on any atom is 0.214 e. The topological polar surface area (TPSA) is 100 Å². The van der Waals surface area contributed by atoms with E-state index in [2.05, 4.69) is 19.8 Å². The lowest BCUT2D eigenvalue weighted by molar-refractivity contribution is 0.266. The van der Waals surface area contributed by atoms with Crippen LogP contribution >= 0.6 is 0 Å². The molecule has 2 heterocycles. The molecule has 0 amide bonds. The molecule has 0 radical (unpaired) electrons. The number of benzene rings is 1. The molecule has 8 nitrogen and oxygen atoms in total. The van der Waals surface area contributed by atoms with Crippen molar-refractivity contribution in [3.05, 3.63) is 41.5 Å². The lowest BCUT2D eigenvalue weighted by atomic mass is 10.2. The summed E-state index contributed by atoms with van der Waals surface area (Å²) in [5, 5.41) is 17.9. The zero-order valence-corrected chi connectivity index (χ0v) is 15.9. The molecule has 142 valence electrons. The summed E-state index contributed by atoms with van der Waals surface area (Å²) in [6.45, 7) is 6.38. The van der Waals surface area contributed by atoms with Crippen molar-refractivity contribution in [1.82, 2.24) is 24.4 Å². The van der Waals surface area contributed by atoms with Gasteiger partial charge in [-0.05, 0) is 19.9 Å². The van der Waals surface area contributed by atoms with E-state index in [0.29, 0.717) is 24.7 Å². The van der Waals surface area contributed by atoms with Gasteiger partial charge in [0.2, 0.25) is 10.0 Å². The van der Waals surface area contributed by atoms with Gasteiger partial charge in [-0.2, -0.15) is 0 Å². The summed E-state index contributed by atoms with van der Waals surface area (Å²) < 4.78 is 28.5. The molecule has 1 aliphatic rings. The minimum Gasteiger partial charge on any atom is -0.508 e. The molecule has 1 aromatic heterocycles. The van der Waals surface area contributed by atoms with Crippen LogP contribution in [0.5, 0.6) is 5.75 Å². The van der Waals surface area contributed by atoms with Gasteiger partial charge in [-0.1, -0.05) is 18.2 Å². The van der Waals surface area contributed by atoms with Crippen molar-refractivity contribution >= 4 is 10.0 Å². The number of nitrogens with zero attached hydrogens (tertiary/aromatic N) is 4. The maximum absolute atomic E-state index is 11.9. The van der Waals surface area contributed by atoms with E-state index in [-0.39, 0.29) is 6.54 Å². The van der Waals surface area contributed by atoms with E-state index >= 15 is 0 Å². The molecule has 9 heteroatoms. The van der Waals surface area contributed by atoms with Gasteiger partial charge in [0.25, 0.3) is 0 Å². The summed E-state index contributed by atoms with van der Waals surface area (Å²) in [7, 11) is -3.34. The van der Waals surface area contributed by atoms with Crippen molar-refractivity contribution in [2.24, 2.45) is 0 Å². The summed E-state index contributed by atoms with van der Waals surface area (Å²) in [5.74, 6) is 1.80. The third kappa shape index (κ3) is 4.22. The van der Waals surface area contributed by atoms with Gasteiger partial charge in [-0.15, -0.1) is 10.2 Å². The number of phenols is 1. The van der Waals surface area contributed by atoms with Crippen LogP contribution in [-0.4, -0.2) is 51.5 Å². The molecule has 0 unspecified atom stereocenters. The van der Waals surface area contributed by atoms with Gasteiger partial charge in [0, 0.05) is 38.2 Å². The van der Waals surface area contributed by atoms with E-state index in [4.69, 9.17) is 0 Å². The summed E-state index contributed by atoms with van der Waals surface area (Å²) >= 11 is 0. The number of sulfonamides is 1. The fourth-order valence-corrected chi connectivity index (χ4v) is 3.60. The second kappa shape index (κ2) is 7.73. The Bertz CT molecular complexity index is 863. The van der Waals surface area contributed by atoms with Crippen molar-refractivity contribution in [3.8, 4) is 5.75 Å². The van der Waals surface area contributed by atoms with Crippen molar-refractivity contribution in [2.75, 3.05) is 13.1 Å². The molecule has 0 saturated carbocycles. The third-order valence-corrected chi connectivity index (χ3v) is 6.42. The largest absolute Gasteiger partial charge is 0.508 e. The second-order valence-corrected chi connectivity index (χ2v) is 9.08. The first-order chi connectivity index (χ1) is 12.4. The molecule has 0 atom stereocenters. The molecule has 26 heavy (non-hydrogen) atoms. The highest BCUT2D eigenvalue weighted by atomic mass is 32.2. The minimum absolute atomic E-state index is 0.146. The molecule has 3 rings (SSSR count). The lowest BCUT2D eigenvalue weighted by Crippen LogP contribution is -2.31. The minimum atomic E-state index is -3.34. The number of rotatable bonds is 6. The zero-order chi connectivity index (χ0) is 18.7. The summed E-state index contributed by atoms with van der Waals surface area (Å²) in [5.41, 5.74) is 0.898. The molecule has 0 aliphatic carbocycles. The molecule has 0 fully saturated rings. The summed E-state index contributed by atoms with van der Waals surface area (Å²) in [6.07, 6.45) is 0.734. The van der Waals surface area contributed by atoms with Crippen LogP contribution in [-0.2, 0) is 36.1 Å². The smallest absolute Gasteiger partial charge is 0.214 e. The summed E-state index contributed by atoms with van der Waals surface area (Å²) in [6, 6.07) is 7.35. The molecule has 0 bridgehead atoms. The fraction of sp³-hybridized carbons (Fsp3) is 0.529. The Hall–Kier alpha value is -1.97. The van der Waals surface area contributed by atoms with Gasteiger partial charge in [-0.25, -0.2) is 13.1 Å². The molecule has 1 aromatic carbocycles. The monoisotopic (exact) mass is 379 g/mol. The predicted octanol–water partition coefficient (Wildman–Crippen LogP) is 0.870. The quantitative estimate of drug-likeness (QED) is 0.772. The van der Waals surface area contributed by atoms with E-state index < -0.39 is 15.3 Å². The SMILES string of the molecule is CC(C)S(=O)(=O)NCc1nnc2n1CCN(Cc1ccccc1O)CC2. The highest BCUT2D eigenvalue weighted by molar-refractivity contribution is 7.90. The average molecular weight is 379 g/mol. The number of hydrogen-bond donors (Lipinski definition) is 2. The van der Waals surface area contributed by atoms with Crippen LogP contribution in [0.25, 0.3) is 0 Å². The zero-order valence-electron chi connectivity index (χ0n) is 15.1. The number of hydrogen-bond acceptors (Lipinski definition) is 6. The van der Waals surface area contributed by atoms with Gasteiger partial charge in [0.1, 0.15) is 17.4 Å². The first-order valence-electron chi connectivity index (χ1n) is 8.75. The Morgan fingerprint density at radius 1 is 1.19 bits per heavy atom. The van der Waals surface area contributed by atoms with Crippen molar-refractivity contribution in [1.29, 1.82) is 0 Å². The molecule has 2 N–H and O–H groups in total. The van der Waals surface area contributed by atoms with Crippen LogP contribution in [0.15, 0.2) is 24.3 Å². The van der Waals surface area contributed by atoms with Crippen molar-refractivity contribution < 1.29 is 13.5 Å². The van der Waals surface area contributed by atoms with E-state index in [9.17, 15) is 13.5 Å². The number of para-hydroxylation sites is 1. The normalized spacial score (nSPS) is 15.8. The van der Waals surface area contributed by atoms with Crippen LogP contribution < -0.4 is 4.72 Å². The predicted molar refractivity (Wildman–Crippen MR) is 98.0 cm³/mol. The van der Waals surface area contributed by atoms with E-state index in [1.807, 2.05) is 22.8 Å². The number of nitrogens with one attached hydrogen (secondary N) is 1. The molecule has 1 aliphatic heterocycles. The molecule has 0 spiro atoms. The first kappa shape index (κ1) is 18.8. The van der Waals surface area contributed by atoms with Crippen LogP contribution in [0.2, 0.25) is 0 Å². The number of aromatic nitrogens is 3. The van der Waals surface area contributed by atoms with Crippen LogP contribution in [0.4, 0.5) is 0 Å². The first-order valence-corrected chi connectivity index (χ1v) is 10.3. The van der Waals surface area contributed by atoms with Crippen LogP contribution in [0.3, 0.4) is 0 Å². The molecular weight excluding hydrogens is 354 g/mol. The Morgan fingerprint density at radius 3 is 2.69 bits per heavy atom. The third-order valence-electron chi connectivity index (χ3n) is 4.63. The second-order valence-electron chi connectivity index (χ2n) is 6.75. The van der Waals surface area contributed by atoms with Gasteiger partial charge in [-0.3, -0.25) is 4.90 Å². The standard InChI is InChI=1S/C17H25N5O3S/c1-13(2)26(24,25)18-11-17-20-19-16-7-8-21(9-10-22(16)17)12-14-5-3-4-6-15(14)23/h3-6,13,18,23H,7-12H2,1-2H3. The van der Waals surface area contributed by atoms with Gasteiger partial charge < -0.3 is 9.67 Å². The Morgan fingerprint density at radius 2 is 1.96 bits per heavy atom. The van der Waals surface area contributed by atoms with Crippen molar-refractivity contribution in [2.45, 2.75) is 45.2 Å². The molecule has 0 saturated heterocycles. The number of fused-ring (bicyclic) bond motifs is 1. The van der Waals surface area contributed by atoms with Crippen LogP contribution in [0, 0.1) is 0 Å². The van der Waals surface area contributed by atoms with Gasteiger partial charge >= 0.3 is 0 Å². The van der Waals surface area contributed by atoms with E-state index in [0.717, 1.165) is 30.9 Å². The van der Waals surface area contributed by atoms with Gasteiger partial charge in [0.05, 0.1) is 11.8 Å². The highest BCUT2D eigenvalue weighted by Gasteiger charge is 2.21. The average Bonchev–Trinajstić information content (AvgIpc) is 2.88. The van der Waals surface area contributed by atoms with E-state index in [1.165, 1.54) is 0 Å². The Balaban J connectivity index is 1.65. The lowest BCUT2D eigenvalue weighted by Gasteiger charge is -2.20. The van der Waals surface area contributed by atoms with Gasteiger partial charge in [0.15, 0.2) is 0 Å². The molecular formula is C17H25N5O3S. The molecule has 2 aromatic rings. The number of phenolic OH excluding ortho intramolecular Hbond substituents is 1. The van der Waals surface area contributed by atoms with E-state index in [1.54, 1.807) is 19.9 Å².